The Morgan fingerprint density at radius 2 is 2.00 bits per heavy atom. The van der Waals surface area contributed by atoms with Crippen LogP contribution in [-0.2, 0) is 9.53 Å². The van der Waals surface area contributed by atoms with Crippen molar-refractivity contribution in [2.45, 2.75) is 6.10 Å². The van der Waals surface area contributed by atoms with Gasteiger partial charge in [0.25, 0.3) is 5.69 Å². The number of aliphatic hydroxyl groups excluding tert-OH is 1. The highest BCUT2D eigenvalue weighted by atomic mass is 16.6. The number of hydrogen-bond donors (Lipinski definition) is 3. The average molecular weight is 283 g/mol. The molecule has 1 rings (SSSR count). The molecular formula is C11H13N3O6. The van der Waals surface area contributed by atoms with Crippen LogP contribution in [0.1, 0.15) is 0 Å². The van der Waals surface area contributed by atoms with E-state index < -0.39 is 23.0 Å². The molecule has 0 aromatic heterocycles. The number of amides is 2. The number of esters is 1. The Balaban J connectivity index is 2.46. The molecule has 20 heavy (non-hydrogen) atoms. The van der Waals surface area contributed by atoms with Crippen molar-refractivity contribution in [3.05, 3.63) is 34.4 Å². The largest absolute Gasteiger partial charge is 0.467 e. The first-order chi connectivity index (χ1) is 9.43. The van der Waals surface area contributed by atoms with Crippen molar-refractivity contribution >= 4 is 23.4 Å². The summed E-state index contributed by atoms with van der Waals surface area (Å²) in [6, 6.07) is 4.52. The molecule has 2 amide bonds. The average Bonchev–Trinajstić information content (AvgIpc) is 2.44. The number of aliphatic hydroxyl groups is 1. The Hall–Kier alpha value is -2.68. The summed E-state index contributed by atoms with van der Waals surface area (Å²) in [7, 11) is 1.11. The fourth-order valence-electron chi connectivity index (χ4n) is 1.25. The molecule has 1 unspecified atom stereocenters. The zero-order valence-corrected chi connectivity index (χ0v) is 10.5. The second kappa shape index (κ2) is 7.04. The smallest absolute Gasteiger partial charge is 0.336 e. The van der Waals surface area contributed by atoms with E-state index in [2.05, 4.69) is 15.4 Å². The Morgan fingerprint density at radius 1 is 1.40 bits per heavy atom. The molecule has 0 aliphatic carbocycles. The van der Waals surface area contributed by atoms with Gasteiger partial charge in [-0.25, -0.2) is 9.59 Å². The van der Waals surface area contributed by atoms with Crippen LogP contribution >= 0.6 is 0 Å². The number of urea groups is 1. The Labute approximate surface area is 113 Å². The third-order valence-corrected chi connectivity index (χ3v) is 2.27. The van der Waals surface area contributed by atoms with Crippen molar-refractivity contribution in [2.75, 3.05) is 19.0 Å². The Kier molecular flexibility index (Phi) is 5.42. The van der Waals surface area contributed by atoms with E-state index in [1.54, 1.807) is 0 Å². The molecule has 108 valence electrons. The third-order valence-electron chi connectivity index (χ3n) is 2.27. The number of nitrogens with zero attached hydrogens (tertiary/aromatic N) is 1. The maximum Gasteiger partial charge on any atom is 0.336 e. The number of anilines is 1. The molecule has 0 fully saturated rings. The maximum absolute atomic E-state index is 11.4. The van der Waals surface area contributed by atoms with E-state index in [4.69, 9.17) is 0 Å². The number of hydrogen-bond acceptors (Lipinski definition) is 6. The number of benzene rings is 1. The topological polar surface area (TPSA) is 131 Å². The summed E-state index contributed by atoms with van der Waals surface area (Å²) in [6.07, 6.45) is -1.46. The molecule has 0 heterocycles. The molecule has 0 bridgehead atoms. The fourth-order valence-corrected chi connectivity index (χ4v) is 1.25. The second-order valence-corrected chi connectivity index (χ2v) is 3.68. The molecule has 0 spiro atoms. The molecule has 0 aliphatic rings. The molecule has 0 saturated heterocycles. The quantitative estimate of drug-likeness (QED) is 0.403. The van der Waals surface area contributed by atoms with Gasteiger partial charge in [0.15, 0.2) is 6.10 Å². The lowest BCUT2D eigenvalue weighted by atomic mass is 10.3. The van der Waals surface area contributed by atoms with Crippen molar-refractivity contribution in [3.8, 4) is 0 Å². The number of non-ortho nitro benzene ring substituents is 1. The van der Waals surface area contributed by atoms with Gasteiger partial charge in [-0.15, -0.1) is 0 Å². The van der Waals surface area contributed by atoms with Gasteiger partial charge < -0.3 is 20.5 Å². The van der Waals surface area contributed by atoms with Crippen molar-refractivity contribution in [2.24, 2.45) is 0 Å². The molecule has 3 N–H and O–H groups in total. The summed E-state index contributed by atoms with van der Waals surface area (Å²) in [5.74, 6) is -0.861. The number of nitro benzene ring substituents is 1. The highest BCUT2D eigenvalue weighted by molar-refractivity contribution is 5.89. The molecule has 1 aromatic rings. The highest BCUT2D eigenvalue weighted by Crippen LogP contribution is 2.15. The summed E-state index contributed by atoms with van der Waals surface area (Å²) in [6.45, 7) is -0.314. The van der Waals surface area contributed by atoms with Crippen LogP contribution in [0.4, 0.5) is 16.2 Å². The standard InChI is InChI=1S/C11H13N3O6/c1-20-10(16)9(15)6-12-11(17)13-7-2-4-8(5-3-7)14(18)19/h2-5,9,15H,6H2,1H3,(H2,12,13,17). The summed E-state index contributed by atoms with van der Waals surface area (Å²) in [4.78, 5) is 32.2. The normalized spacial score (nSPS) is 11.3. The summed E-state index contributed by atoms with van der Waals surface area (Å²) < 4.78 is 4.27. The minimum atomic E-state index is -1.46. The number of nitrogens with one attached hydrogen (secondary N) is 2. The fraction of sp³-hybridized carbons (Fsp3) is 0.273. The van der Waals surface area contributed by atoms with Gasteiger partial charge in [0.2, 0.25) is 0 Å². The molecular weight excluding hydrogens is 270 g/mol. The predicted octanol–water partition coefficient (Wildman–Crippen LogP) is 0.250. The van der Waals surface area contributed by atoms with Crippen molar-refractivity contribution in [3.63, 3.8) is 0 Å². The SMILES string of the molecule is COC(=O)C(O)CNC(=O)Nc1ccc([N+](=O)[O-])cc1. The van der Waals surface area contributed by atoms with Crippen LogP contribution in [-0.4, -0.2) is 41.8 Å². The molecule has 0 aliphatic heterocycles. The van der Waals surface area contributed by atoms with Crippen LogP contribution in [0, 0.1) is 10.1 Å². The number of carbonyl (C=O) groups is 2. The molecule has 9 nitrogen and oxygen atoms in total. The molecule has 0 radical (unpaired) electrons. The zero-order chi connectivity index (χ0) is 15.1. The van der Waals surface area contributed by atoms with Gasteiger partial charge in [-0.2, -0.15) is 0 Å². The molecule has 1 atom stereocenters. The van der Waals surface area contributed by atoms with Crippen LogP contribution in [0.25, 0.3) is 0 Å². The predicted molar refractivity (Wildman–Crippen MR) is 68.1 cm³/mol. The van der Waals surface area contributed by atoms with Crippen LogP contribution in [0.2, 0.25) is 0 Å². The number of methoxy groups -OCH3 is 1. The van der Waals surface area contributed by atoms with Crippen molar-refractivity contribution < 1.29 is 24.4 Å². The van der Waals surface area contributed by atoms with Crippen molar-refractivity contribution in [1.82, 2.24) is 5.32 Å². The van der Waals surface area contributed by atoms with Crippen LogP contribution in [0.5, 0.6) is 0 Å². The molecule has 1 aromatic carbocycles. The molecule has 0 saturated carbocycles. The van der Waals surface area contributed by atoms with E-state index in [0.717, 1.165) is 7.11 Å². The first-order valence-electron chi connectivity index (χ1n) is 5.49. The first kappa shape index (κ1) is 15.4. The van der Waals surface area contributed by atoms with Gasteiger partial charge in [-0.05, 0) is 12.1 Å². The maximum atomic E-state index is 11.4. The van der Waals surface area contributed by atoms with Gasteiger partial charge in [0.05, 0.1) is 18.6 Å². The Bertz CT molecular complexity index is 501. The summed E-state index contributed by atoms with van der Waals surface area (Å²) >= 11 is 0. The lowest BCUT2D eigenvalue weighted by molar-refractivity contribution is -0.384. The summed E-state index contributed by atoms with van der Waals surface area (Å²) in [5, 5.41) is 24.3. The van der Waals surface area contributed by atoms with Crippen molar-refractivity contribution in [1.29, 1.82) is 0 Å². The van der Waals surface area contributed by atoms with E-state index in [0.29, 0.717) is 5.69 Å². The van der Waals surface area contributed by atoms with Crippen LogP contribution < -0.4 is 10.6 Å². The van der Waals surface area contributed by atoms with Gasteiger partial charge in [0.1, 0.15) is 0 Å². The van der Waals surface area contributed by atoms with Crippen LogP contribution in [0.3, 0.4) is 0 Å². The lowest BCUT2D eigenvalue weighted by Gasteiger charge is -2.10. The molecule has 9 heteroatoms. The Morgan fingerprint density at radius 3 is 2.50 bits per heavy atom. The van der Waals surface area contributed by atoms with Gasteiger partial charge in [0, 0.05) is 17.8 Å². The lowest BCUT2D eigenvalue weighted by Crippen LogP contribution is -2.39. The van der Waals surface area contributed by atoms with E-state index in [9.17, 15) is 24.8 Å². The number of ether oxygens (including phenoxy) is 1. The van der Waals surface area contributed by atoms with Crippen LogP contribution in [0.15, 0.2) is 24.3 Å². The van der Waals surface area contributed by atoms with E-state index in [-0.39, 0.29) is 12.2 Å². The first-order valence-corrected chi connectivity index (χ1v) is 5.49. The number of carbonyl (C=O) groups excluding carboxylic acids is 2. The van der Waals surface area contributed by atoms with Gasteiger partial charge in [-0.3, -0.25) is 10.1 Å². The van der Waals surface area contributed by atoms with E-state index in [1.165, 1.54) is 24.3 Å². The zero-order valence-electron chi connectivity index (χ0n) is 10.5. The second-order valence-electron chi connectivity index (χ2n) is 3.68. The van der Waals surface area contributed by atoms with E-state index >= 15 is 0 Å². The number of nitro groups is 1. The summed E-state index contributed by atoms with van der Waals surface area (Å²) in [5.41, 5.74) is 0.234. The third kappa shape index (κ3) is 4.53. The minimum Gasteiger partial charge on any atom is -0.467 e. The minimum absolute atomic E-state index is 0.0999. The monoisotopic (exact) mass is 283 g/mol. The number of rotatable bonds is 5. The van der Waals surface area contributed by atoms with E-state index in [1.807, 2.05) is 0 Å². The highest BCUT2D eigenvalue weighted by Gasteiger charge is 2.16. The van der Waals surface area contributed by atoms with Gasteiger partial charge in [-0.1, -0.05) is 0 Å². The van der Waals surface area contributed by atoms with Gasteiger partial charge >= 0.3 is 12.0 Å².